The van der Waals surface area contributed by atoms with Gasteiger partial charge in [0.1, 0.15) is 12.3 Å². The van der Waals surface area contributed by atoms with Crippen LogP contribution in [0.1, 0.15) is 17.4 Å². The van der Waals surface area contributed by atoms with E-state index in [1.54, 1.807) is 12.5 Å². The number of imidazole rings is 1. The van der Waals surface area contributed by atoms with Gasteiger partial charge in [0.2, 0.25) is 0 Å². The average Bonchev–Trinajstić information content (AvgIpc) is 2.89. The molecule has 0 saturated heterocycles. The standard InChI is InChI=1S/C14H16N2O3/c1-2-18-13-5-3-4-6-14(13)19-8-7-16-9-12(10-17)15-11-16/h3-6,9-11H,2,7-8H2,1H3. The zero-order chi connectivity index (χ0) is 13.5. The Morgan fingerprint density at radius 1 is 1.26 bits per heavy atom. The Morgan fingerprint density at radius 2 is 2.00 bits per heavy atom. The van der Waals surface area contributed by atoms with Gasteiger partial charge < -0.3 is 14.0 Å². The normalized spacial score (nSPS) is 10.2. The molecule has 100 valence electrons. The molecule has 0 fully saturated rings. The molecule has 5 nitrogen and oxygen atoms in total. The molecule has 1 heterocycles. The van der Waals surface area contributed by atoms with E-state index in [-0.39, 0.29) is 0 Å². The van der Waals surface area contributed by atoms with E-state index < -0.39 is 0 Å². The largest absolute Gasteiger partial charge is 0.490 e. The van der Waals surface area contributed by atoms with Crippen LogP contribution < -0.4 is 9.47 Å². The molecule has 0 aliphatic rings. The summed E-state index contributed by atoms with van der Waals surface area (Å²) in [6.45, 7) is 3.65. The number of nitrogens with zero attached hydrogens (tertiary/aromatic N) is 2. The summed E-state index contributed by atoms with van der Waals surface area (Å²) < 4.78 is 13.0. The van der Waals surface area contributed by atoms with E-state index in [1.807, 2.05) is 35.8 Å². The van der Waals surface area contributed by atoms with Gasteiger partial charge in [-0.05, 0) is 19.1 Å². The van der Waals surface area contributed by atoms with Gasteiger partial charge in [-0.1, -0.05) is 12.1 Å². The second kappa shape index (κ2) is 6.58. The zero-order valence-electron chi connectivity index (χ0n) is 10.8. The Labute approximate surface area is 111 Å². The van der Waals surface area contributed by atoms with Crippen LogP contribution in [0.15, 0.2) is 36.8 Å². The summed E-state index contributed by atoms with van der Waals surface area (Å²) in [6.07, 6.45) is 4.02. The monoisotopic (exact) mass is 260 g/mol. The zero-order valence-corrected chi connectivity index (χ0v) is 10.8. The number of benzene rings is 1. The maximum absolute atomic E-state index is 10.5. The highest BCUT2D eigenvalue weighted by atomic mass is 16.5. The second-order valence-electron chi connectivity index (χ2n) is 3.88. The third-order valence-corrected chi connectivity index (χ3v) is 2.53. The summed E-state index contributed by atoms with van der Waals surface area (Å²) in [6, 6.07) is 7.56. The van der Waals surface area contributed by atoms with Crippen molar-refractivity contribution in [2.75, 3.05) is 13.2 Å². The van der Waals surface area contributed by atoms with Crippen LogP contribution in [0.25, 0.3) is 0 Å². The minimum Gasteiger partial charge on any atom is -0.490 e. The Morgan fingerprint density at radius 3 is 2.63 bits per heavy atom. The first-order valence-electron chi connectivity index (χ1n) is 6.15. The highest BCUT2D eigenvalue weighted by Gasteiger charge is 2.03. The van der Waals surface area contributed by atoms with Crippen molar-refractivity contribution in [3.63, 3.8) is 0 Å². The van der Waals surface area contributed by atoms with Crippen molar-refractivity contribution >= 4 is 6.29 Å². The van der Waals surface area contributed by atoms with Crippen LogP contribution in [0.2, 0.25) is 0 Å². The van der Waals surface area contributed by atoms with Gasteiger partial charge in [-0.3, -0.25) is 4.79 Å². The highest BCUT2D eigenvalue weighted by molar-refractivity contribution is 5.70. The predicted octanol–water partition coefficient (Wildman–Crippen LogP) is 2.17. The Hall–Kier alpha value is -2.30. The van der Waals surface area contributed by atoms with Crippen LogP contribution >= 0.6 is 0 Å². The van der Waals surface area contributed by atoms with Gasteiger partial charge in [-0.2, -0.15) is 0 Å². The molecular weight excluding hydrogens is 244 g/mol. The highest BCUT2D eigenvalue weighted by Crippen LogP contribution is 2.26. The van der Waals surface area contributed by atoms with Crippen LogP contribution in [0.4, 0.5) is 0 Å². The Bertz CT molecular complexity index is 537. The molecule has 0 spiro atoms. The molecule has 0 saturated carbocycles. The molecule has 0 radical (unpaired) electrons. The molecule has 1 aromatic carbocycles. The molecule has 0 aliphatic heterocycles. The van der Waals surface area contributed by atoms with E-state index in [0.717, 1.165) is 17.8 Å². The van der Waals surface area contributed by atoms with Gasteiger partial charge in [0.25, 0.3) is 0 Å². The van der Waals surface area contributed by atoms with Crippen molar-refractivity contribution in [1.29, 1.82) is 0 Å². The van der Waals surface area contributed by atoms with Crippen LogP contribution in [0.5, 0.6) is 11.5 Å². The van der Waals surface area contributed by atoms with Gasteiger partial charge in [-0.25, -0.2) is 4.98 Å². The molecule has 1 aromatic heterocycles. The third kappa shape index (κ3) is 3.58. The topological polar surface area (TPSA) is 53.4 Å². The summed E-state index contributed by atoms with van der Waals surface area (Å²) in [7, 11) is 0. The van der Waals surface area contributed by atoms with Crippen LogP contribution in [-0.2, 0) is 6.54 Å². The fourth-order valence-electron chi connectivity index (χ4n) is 1.67. The molecule has 0 atom stereocenters. The number of hydrogen-bond acceptors (Lipinski definition) is 4. The second-order valence-corrected chi connectivity index (χ2v) is 3.88. The lowest BCUT2D eigenvalue weighted by Gasteiger charge is -2.11. The van der Waals surface area contributed by atoms with E-state index in [2.05, 4.69) is 4.98 Å². The number of hydrogen-bond donors (Lipinski definition) is 0. The van der Waals surface area contributed by atoms with Crippen LogP contribution in [-0.4, -0.2) is 29.1 Å². The fraction of sp³-hybridized carbons (Fsp3) is 0.286. The van der Waals surface area contributed by atoms with Crippen molar-refractivity contribution in [2.45, 2.75) is 13.5 Å². The Balaban J connectivity index is 1.90. The predicted molar refractivity (Wildman–Crippen MR) is 70.7 cm³/mol. The van der Waals surface area contributed by atoms with E-state index >= 15 is 0 Å². The van der Waals surface area contributed by atoms with Crippen molar-refractivity contribution in [2.24, 2.45) is 0 Å². The lowest BCUT2D eigenvalue weighted by Crippen LogP contribution is -2.07. The first-order valence-corrected chi connectivity index (χ1v) is 6.15. The molecule has 2 rings (SSSR count). The molecule has 2 aromatic rings. The molecular formula is C14H16N2O3. The van der Waals surface area contributed by atoms with Crippen LogP contribution in [0, 0.1) is 0 Å². The lowest BCUT2D eigenvalue weighted by atomic mass is 10.3. The summed E-state index contributed by atoms with van der Waals surface area (Å²) in [5, 5.41) is 0. The molecule has 0 unspecified atom stereocenters. The summed E-state index contributed by atoms with van der Waals surface area (Å²) in [5.74, 6) is 1.46. The van der Waals surface area contributed by atoms with Crippen LogP contribution in [0.3, 0.4) is 0 Å². The summed E-state index contributed by atoms with van der Waals surface area (Å²) >= 11 is 0. The Kier molecular flexibility index (Phi) is 4.55. The molecule has 0 amide bonds. The minimum absolute atomic E-state index is 0.426. The van der Waals surface area contributed by atoms with E-state index in [9.17, 15) is 4.79 Å². The van der Waals surface area contributed by atoms with Crippen molar-refractivity contribution in [1.82, 2.24) is 9.55 Å². The summed E-state index contributed by atoms with van der Waals surface area (Å²) in [5.41, 5.74) is 0.426. The van der Waals surface area contributed by atoms with Gasteiger partial charge in [0, 0.05) is 6.20 Å². The van der Waals surface area contributed by atoms with Gasteiger partial charge >= 0.3 is 0 Å². The first-order chi connectivity index (χ1) is 9.33. The molecule has 0 bridgehead atoms. The average molecular weight is 260 g/mol. The van der Waals surface area contributed by atoms with E-state index in [4.69, 9.17) is 9.47 Å². The smallest absolute Gasteiger partial charge is 0.169 e. The number of aldehydes is 1. The van der Waals surface area contributed by atoms with Gasteiger partial charge in [0.15, 0.2) is 17.8 Å². The van der Waals surface area contributed by atoms with Gasteiger partial charge in [0.05, 0.1) is 19.5 Å². The maximum Gasteiger partial charge on any atom is 0.169 e. The quantitative estimate of drug-likeness (QED) is 0.716. The SMILES string of the molecule is CCOc1ccccc1OCCn1cnc(C=O)c1. The molecule has 0 aliphatic carbocycles. The van der Waals surface area contributed by atoms with Crippen molar-refractivity contribution in [3.8, 4) is 11.5 Å². The number of aromatic nitrogens is 2. The molecule has 19 heavy (non-hydrogen) atoms. The number of ether oxygens (including phenoxy) is 2. The van der Waals surface area contributed by atoms with E-state index in [0.29, 0.717) is 25.5 Å². The molecule has 5 heteroatoms. The minimum atomic E-state index is 0.426. The maximum atomic E-state index is 10.5. The van der Waals surface area contributed by atoms with Crippen molar-refractivity contribution in [3.05, 3.63) is 42.5 Å². The molecule has 0 N–H and O–H groups in total. The number of carbonyl (C=O) groups excluding carboxylic acids is 1. The van der Waals surface area contributed by atoms with E-state index in [1.165, 1.54) is 0 Å². The van der Waals surface area contributed by atoms with Gasteiger partial charge in [-0.15, -0.1) is 0 Å². The number of carbonyl (C=O) groups is 1. The lowest BCUT2D eigenvalue weighted by molar-refractivity contribution is 0.111. The fourth-order valence-corrected chi connectivity index (χ4v) is 1.67. The number of rotatable bonds is 7. The van der Waals surface area contributed by atoms with Crippen molar-refractivity contribution < 1.29 is 14.3 Å². The third-order valence-electron chi connectivity index (χ3n) is 2.53. The summed E-state index contributed by atoms with van der Waals surface area (Å²) in [4.78, 5) is 14.4. The number of para-hydroxylation sites is 2. The first kappa shape index (κ1) is 13.1.